The van der Waals surface area contributed by atoms with Gasteiger partial charge in [-0.3, -0.25) is 0 Å². The lowest BCUT2D eigenvalue weighted by atomic mass is 9.74. The minimum atomic E-state index is -3.77. The quantitative estimate of drug-likeness (QED) is 0.858. The van der Waals surface area contributed by atoms with Crippen molar-refractivity contribution in [3.63, 3.8) is 0 Å². The fraction of sp³-hybridized carbons (Fsp3) is 0.600. The van der Waals surface area contributed by atoms with Crippen LogP contribution in [0.3, 0.4) is 0 Å². The molecule has 1 fully saturated rings. The fourth-order valence-corrected chi connectivity index (χ4v) is 5.10. The van der Waals surface area contributed by atoms with E-state index in [-0.39, 0.29) is 22.4 Å². The Labute approximate surface area is 137 Å². The number of hydrogen-bond donors (Lipinski definition) is 2. The van der Waals surface area contributed by atoms with E-state index in [4.69, 9.17) is 22.1 Å². The smallest absolute Gasteiger partial charge is 0.242 e. The van der Waals surface area contributed by atoms with Crippen molar-refractivity contribution < 1.29 is 13.2 Å². The fourth-order valence-electron chi connectivity index (χ4n) is 3.05. The first kappa shape index (κ1) is 17.5. The van der Waals surface area contributed by atoms with Crippen LogP contribution < -0.4 is 15.2 Å². The molecule has 2 rings (SSSR count). The highest BCUT2D eigenvalue weighted by Gasteiger charge is 2.41. The van der Waals surface area contributed by atoms with E-state index in [1.54, 1.807) is 6.07 Å². The highest BCUT2D eigenvalue weighted by atomic mass is 35.5. The minimum absolute atomic E-state index is 0.0270. The monoisotopic (exact) mass is 346 g/mol. The number of nitrogens with one attached hydrogen (secondary N) is 1. The number of benzene rings is 1. The van der Waals surface area contributed by atoms with Crippen LogP contribution in [0.15, 0.2) is 23.1 Å². The molecule has 5 nitrogen and oxygen atoms in total. The van der Waals surface area contributed by atoms with Crippen molar-refractivity contribution in [1.82, 2.24) is 4.72 Å². The predicted octanol–water partition coefficient (Wildman–Crippen LogP) is 2.53. The summed E-state index contributed by atoms with van der Waals surface area (Å²) >= 11 is 6.07. The first-order chi connectivity index (χ1) is 10.3. The van der Waals surface area contributed by atoms with E-state index in [2.05, 4.69) is 4.72 Å². The summed E-state index contributed by atoms with van der Waals surface area (Å²) < 4.78 is 33.5. The molecule has 1 aromatic rings. The normalized spacial score (nSPS) is 25.9. The molecule has 22 heavy (non-hydrogen) atoms. The average Bonchev–Trinajstić information content (AvgIpc) is 2.50. The van der Waals surface area contributed by atoms with Crippen LogP contribution >= 0.6 is 11.6 Å². The zero-order chi connectivity index (χ0) is 16.4. The Hall–Kier alpha value is -0.820. The van der Waals surface area contributed by atoms with Crippen LogP contribution in [0.25, 0.3) is 0 Å². The molecule has 0 bridgehead atoms. The topological polar surface area (TPSA) is 81.4 Å². The van der Waals surface area contributed by atoms with E-state index in [0.29, 0.717) is 5.75 Å². The Morgan fingerprint density at radius 3 is 2.77 bits per heavy atom. The lowest BCUT2D eigenvalue weighted by Crippen LogP contribution is -2.58. The molecule has 2 unspecified atom stereocenters. The van der Waals surface area contributed by atoms with Gasteiger partial charge < -0.3 is 10.5 Å². The molecule has 0 aliphatic heterocycles. The number of nitrogens with two attached hydrogens (primary N) is 1. The van der Waals surface area contributed by atoms with Crippen molar-refractivity contribution in [3.05, 3.63) is 23.2 Å². The summed E-state index contributed by atoms with van der Waals surface area (Å²) in [7, 11) is -2.28. The summed E-state index contributed by atoms with van der Waals surface area (Å²) in [6.45, 7) is 2.32. The molecular weight excluding hydrogens is 324 g/mol. The second-order valence-electron chi connectivity index (χ2n) is 5.91. The van der Waals surface area contributed by atoms with E-state index in [1.807, 2.05) is 6.92 Å². The molecule has 124 valence electrons. The first-order valence-electron chi connectivity index (χ1n) is 7.42. The lowest BCUT2D eigenvalue weighted by Gasteiger charge is -2.42. The van der Waals surface area contributed by atoms with Gasteiger partial charge in [-0.1, -0.05) is 31.4 Å². The summed E-state index contributed by atoms with van der Waals surface area (Å²) in [5, 5.41) is 0.170. The molecule has 0 spiro atoms. The maximum absolute atomic E-state index is 12.8. The Kier molecular flexibility index (Phi) is 5.37. The molecular formula is C15H23ClN2O3S. The van der Waals surface area contributed by atoms with Gasteiger partial charge in [0.05, 0.1) is 12.1 Å². The van der Waals surface area contributed by atoms with E-state index in [1.165, 1.54) is 19.2 Å². The molecule has 7 heteroatoms. The predicted molar refractivity (Wildman–Crippen MR) is 87.7 cm³/mol. The van der Waals surface area contributed by atoms with Crippen molar-refractivity contribution >= 4 is 21.6 Å². The molecule has 0 radical (unpaired) electrons. The van der Waals surface area contributed by atoms with Crippen molar-refractivity contribution in [3.8, 4) is 5.75 Å². The van der Waals surface area contributed by atoms with E-state index >= 15 is 0 Å². The Morgan fingerprint density at radius 1 is 1.45 bits per heavy atom. The summed E-state index contributed by atoms with van der Waals surface area (Å²) in [5.74, 6) is 0.633. The van der Waals surface area contributed by atoms with Crippen LogP contribution in [0.4, 0.5) is 0 Å². The largest absolute Gasteiger partial charge is 0.497 e. The second kappa shape index (κ2) is 6.74. The number of methoxy groups -OCH3 is 1. The maximum Gasteiger partial charge on any atom is 0.242 e. The van der Waals surface area contributed by atoms with E-state index in [0.717, 1.165) is 25.7 Å². The Bertz CT molecular complexity index is 636. The van der Waals surface area contributed by atoms with E-state index in [9.17, 15) is 8.42 Å². The van der Waals surface area contributed by atoms with Crippen LogP contribution in [0.5, 0.6) is 5.75 Å². The molecule has 0 heterocycles. The van der Waals surface area contributed by atoms with Gasteiger partial charge >= 0.3 is 0 Å². The molecule has 1 aliphatic carbocycles. The van der Waals surface area contributed by atoms with Crippen LogP contribution in [-0.2, 0) is 10.0 Å². The van der Waals surface area contributed by atoms with Crippen LogP contribution in [0.1, 0.15) is 32.6 Å². The third kappa shape index (κ3) is 3.40. The van der Waals surface area contributed by atoms with Gasteiger partial charge in [-0.25, -0.2) is 13.1 Å². The van der Waals surface area contributed by atoms with Crippen molar-refractivity contribution in [1.29, 1.82) is 0 Å². The molecule has 1 aromatic carbocycles. The third-order valence-electron chi connectivity index (χ3n) is 4.58. The van der Waals surface area contributed by atoms with Crippen molar-refractivity contribution in [2.75, 3.05) is 13.7 Å². The summed E-state index contributed by atoms with van der Waals surface area (Å²) in [5.41, 5.74) is 5.32. The zero-order valence-corrected chi connectivity index (χ0v) is 14.5. The SMILES string of the molecule is COc1ccc(Cl)c(S(=O)(=O)NC2(CN)CCCCC2C)c1. The number of hydrogen-bond acceptors (Lipinski definition) is 4. The van der Waals surface area contributed by atoms with Gasteiger partial charge in [-0.15, -0.1) is 0 Å². The molecule has 0 amide bonds. The van der Waals surface area contributed by atoms with Gasteiger partial charge in [-0.05, 0) is 30.9 Å². The summed E-state index contributed by atoms with van der Waals surface area (Å²) in [6, 6.07) is 4.58. The molecule has 1 aliphatic rings. The Balaban J connectivity index is 2.38. The maximum atomic E-state index is 12.8. The number of ether oxygens (including phenoxy) is 1. The summed E-state index contributed by atoms with van der Waals surface area (Å²) in [4.78, 5) is 0.0270. The Morgan fingerprint density at radius 2 is 2.18 bits per heavy atom. The number of rotatable bonds is 5. The van der Waals surface area contributed by atoms with Crippen molar-refractivity contribution in [2.24, 2.45) is 11.7 Å². The average molecular weight is 347 g/mol. The highest BCUT2D eigenvalue weighted by Crippen LogP contribution is 2.35. The van der Waals surface area contributed by atoms with Gasteiger partial charge in [0.15, 0.2) is 0 Å². The first-order valence-corrected chi connectivity index (χ1v) is 9.28. The zero-order valence-electron chi connectivity index (χ0n) is 12.9. The third-order valence-corrected chi connectivity index (χ3v) is 6.62. The number of sulfonamides is 1. The van der Waals surface area contributed by atoms with Gasteiger partial charge in [0, 0.05) is 18.2 Å². The molecule has 2 atom stereocenters. The summed E-state index contributed by atoms with van der Waals surface area (Å²) in [6.07, 6.45) is 3.78. The second-order valence-corrected chi connectivity index (χ2v) is 7.97. The van der Waals surface area contributed by atoms with Gasteiger partial charge in [0.25, 0.3) is 0 Å². The van der Waals surface area contributed by atoms with Gasteiger partial charge in [0.2, 0.25) is 10.0 Å². The van der Waals surface area contributed by atoms with Crippen LogP contribution in [-0.4, -0.2) is 27.6 Å². The molecule has 0 aromatic heterocycles. The molecule has 0 saturated heterocycles. The molecule has 3 N–H and O–H groups in total. The van der Waals surface area contributed by atoms with Crippen molar-refractivity contribution in [2.45, 2.75) is 43.0 Å². The van der Waals surface area contributed by atoms with Gasteiger partial charge in [-0.2, -0.15) is 0 Å². The van der Waals surface area contributed by atoms with E-state index < -0.39 is 15.6 Å². The minimum Gasteiger partial charge on any atom is -0.497 e. The van der Waals surface area contributed by atoms with Crippen LogP contribution in [0, 0.1) is 5.92 Å². The lowest BCUT2D eigenvalue weighted by molar-refractivity contribution is 0.191. The number of halogens is 1. The highest BCUT2D eigenvalue weighted by molar-refractivity contribution is 7.89. The van der Waals surface area contributed by atoms with Crippen LogP contribution in [0.2, 0.25) is 5.02 Å². The standard InChI is InChI=1S/C15H23ClN2O3S/c1-11-5-3-4-8-15(11,10-17)18-22(19,20)14-9-12(21-2)6-7-13(14)16/h6-7,9,11,18H,3-5,8,10,17H2,1-2H3. The molecule has 1 saturated carbocycles. The van der Waals surface area contributed by atoms with Gasteiger partial charge in [0.1, 0.15) is 10.6 Å².